The standard InChI is InChI=1S/C25H27N5O5/c1-15-9-10-19(12-16(15)2)29-25(35)28-18-7-4-6-17(13-18)27-20-14-22(32)30(24(20)34)21(8-5-11-31)23(33)26-3/h4,6-7,9-14,21,27H,5,8H2,1-3H3,(H,26,33)(H2,28,29,35). The number of hydrogen-bond acceptors (Lipinski definition) is 6. The van der Waals surface area contributed by atoms with Crippen molar-refractivity contribution in [2.24, 2.45) is 0 Å². The van der Waals surface area contributed by atoms with Crippen LogP contribution in [0.1, 0.15) is 24.0 Å². The molecule has 0 bridgehead atoms. The summed E-state index contributed by atoms with van der Waals surface area (Å²) in [5.74, 6) is -1.87. The number of nitrogens with zero attached hydrogens (tertiary/aromatic N) is 1. The summed E-state index contributed by atoms with van der Waals surface area (Å²) in [4.78, 5) is 61.6. The van der Waals surface area contributed by atoms with Gasteiger partial charge in [0.05, 0.1) is 0 Å². The monoisotopic (exact) mass is 477 g/mol. The number of urea groups is 1. The highest BCUT2D eigenvalue weighted by molar-refractivity contribution is 6.19. The molecule has 4 N–H and O–H groups in total. The van der Waals surface area contributed by atoms with E-state index in [2.05, 4.69) is 21.3 Å². The first-order valence-electron chi connectivity index (χ1n) is 11.0. The zero-order valence-electron chi connectivity index (χ0n) is 19.7. The molecule has 1 unspecified atom stereocenters. The van der Waals surface area contributed by atoms with Crippen molar-refractivity contribution in [3.8, 4) is 0 Å². The van der Waals surface area contributed by atoms with Crippen molar-refractivity contribution in [3.63, 3.8) is 0 Å². The quantitative estimate of drug-likeness (QED) is 0.324. The number of imide groups is 1. The lowest BCUT2D eigenvalue weighted by Crippen LogP contribution is -2.49. The number of carbonyl (C=O) groups excluding carboxylic acids is 5. The van der Waals surface area contributed by atoms with E-state index in [1.807, 2.05) is 32.0 Å². The van der Waals surface area contributed by atoms with Crippen molar-refractivity contribution >= 4 is 47.1 Å². The molecule has 35 heavy (non-hydrogen) atoms. The van der Waals surface area contributed by atoms with Gasteiger partial charge in [-0.25, -0.2) is 4.79 Å². The number of hydrogen-bond donors (Lipinski definition) is 4. The van der Waals surface area contributed by atoms with E-state index >= 15 is 0 Å². The molecule has 10 nitrogen and oxygen atoms in total. The van der Waals surface area contributed by atoms with E-state index in [9.17, 15) is 24.0 Å². The Labute approximate surface area is 202 Å². The van der Waals surface area contributed by atoms with Gasteiger partial charge in [0.15, 0.2) is 0 Å². The van der Waals surface area contributed by atoms with Gasteiger partial charge < -0.3 is 26.1 Å². The predicted octanol–water partition coefficient (Wildman–Crippen LogP) is 2.71. The third kappa shape index (κ3) is 6.11. The number of amides is 5. The molecular weight excluding hydrogens is 450 g/mol. The Morgan fingerprint density at radius 2 is 1.66 bits per heavy atom. The molecule has 10 heteroatoms. The number of aldehydes is 1. The fourth-order valence-corrected chi connectivity index (χ4v) is 3.58. The fourth-order valence-electron chi connectivity index (χ4n) is 3.58. The van der Waals surface area contributed by atoms with Gasteiger partial charge in [-0.15, -0.1) is 0 Å². The maximum Gasteiger partial charge on any atom is 0.323 e. The molecule has 2 aromatic carbocycles. The van der Waals surface area contributed by atoms with Gasteiger partial charge in [-0.1, -0.05) is 12.1 Å². The number of nitrogens with one attached hydrogen (secondary N) is 4. The Balaban J connectivity index is 1.68. The highest BCUT2D eigenvalue weighted by Gasteiger charge is 2.39. The van der Waals surface area contributed by atoms with E-state index < -0.39 is 29.8 Å². The fraction of sp³-hybridized carbons (Fsp3) is 0.240. The lowest BCUT2D eigenvalue weighted by molar-refractivity contribution is -0.146. The first-order chi connectivity index (χ1) is 16.7. The van der Waals surface area contributed by atoms with Crippen LogP contribution in [0.15, 0.2) is 54.2 Å². The maximum atomic E-state index is 12.9. The average Bonchev–Trinajstić information content (AvgIpc) is 3.09. The summed E-state index contributed by atoms with van der Waals surface area (Å²) in [7, 11) is 1.39. The Bertz CT molecular complexity index is 1210. The van der Waals surface area contributed by atoms with Gasteiger partial charge >= 0.3 is 6.03 Å². The molecule has 0 saturated heterocycles. The molecule has 0 spiro atoms. The smallest absolute Gasteiger partial charge is 0.323 e. The van der Waals surface area contributed by atoms with Crippen LogP contribution in [0.4, 0.5) is 21.9 Å². The third-order valence-corrected chi connectivity index (χ3v) is 5.54. The Kier molecular flexibility index (Phi) is 7.98. The van der Waals surface area contributed by atoms with E-state index in [-0.39, 0.29) is 18.5 Å². The summed E-state index contributed by atoms with van der Waals surface area (Å²) >= 11 is 0. The van der Waals surface area contributed by atoms with Crippen LogP contribution in [-0.4, -0.2) is 48.0 Å². The van der Waals surface area contributed by atoms with Crippen molar-refractivity contribution in [2.75, 3.05) is 23.0 Å². The Morgan fingerprint density at radius 1 is 0.971 bits per heavy atom. The molecule has 0 aliphatic carbocycles. The highest BCUT2D eigenvalue weighted by Crippen LogP contribution is 2.23. The van der Waals surface area contributed by atoms with Crippen LogP contribution in [0.3, 0.4) is 0 Å². The number of aryl methyl sites for hydroxylation is 2. The number of likely N-dealkylation sites (N-methyl/N-ethyl adjacent to an activating group) is 1. The second-order valence-electron chi connectivity index (χ2n) is 8.03. The van der Waals surface area contributed by atoms with Gasteiger partial charge in [0.25, 0.3) is 11.8 Å². The second-order valence-corrected chi connectivity index (χ2v) is 8.03. The van der Waals surface area contributed by atoms with Crippen LogP contribution in [0.5, 0.6) is 0 Å². The molecule has 1 heterocycles. The minimum Gasteiger partial charge on any atom is -0.357 e. The lowest BCUT2D eigenvalue weighted by atomic mass is 10.1. The van der Waals surface area contributed by atoms with Crippen molar-refractivity contribution < 1.29 is 24.0 Å². The van der Waals surface area contributed by atoms with E-state index in [4.69, 9.17) is 0 Å². The molecule has 0 fully saturated rings. The normalized spacial score (nSPS) is 13.7. The molecule has 0 saturated carbocycles. The maximum absolute atomic E-state index is 12.9. The van der Waals surface area contributed by atoms with Crippen molar-refractivity contribution in [2.45, 2.75) is 32.7 Å². The van der Waals surface area contributed by atoms with E-state index in [1.165, 1.54) is 7.05 Å². The van der Waals surface area contributed by atoms with Crippen molar-refractivity contribution in [3.05, 3.63) is 65.4 Å². The highest BCUT2D eigenvalue weighted by atomic mass is 16.2. The second kappa shape index (κ2) is 11.1. The number of carbonyl (C=O) groups is 5. The van der Waals surface area contributed by atoms with Crippen LogP contribution in [0.2, 0.25) is 0 Å². The summed E-state index contributed by atoms with van der Waals surface area (Å²) in [5.41, 5.74) is 3.71. The molecular formula is C25H27N5O5. The number of anilines is 3. The summed E-state index contributed by atoms with van der Waals surface area (Å²) in [5, 5.41) is 10.8. The Morgan fingerprint density at radius 3 is 2.31 bits per heavy atom. The summed E-state index contributed by atoms with van der Waals surface area (Å²) < 4.78 is 0. The predicted molar refractivity (Wildman–Crippen MR) is 132 cm³/mol. The zero-order valence-corrected chi connectivity index (χ0v) is 19.7. The molecule has 182 valence electrons. The summed E-state index contributed by atoms with van der Waals surface area (Å²) in [6, 6.07) is 10.7. The average molecular weight is 478 g/mol. The topological polar surface area (TPSA) is 137 Å². The molecule has 1 aliphatic rings. The van der Waals surface area contributed by atoms with Crippen LogP contribution in [-0.2, 0) is 19.2 Å². The largest absolute Gasteiger partial charge is 0.357 e. The van der Waals surface area contributed by atoms with Crippen LogP contribution in [0.25, 0.3) is 0 Å². The minimum atomic E-state index is -1.09. The van der Waals surface area contributed by atoms with Gasteiger partial charge in [-0.05, 0) is 61.7 Å². The summed E-state index contributed by atoms with van der Waals surface area (Å²) in [6.45, 7) is 3.94. The van der Waals surface area contributed by atoms with Gasteiger partial charge in [0, 0.05) is 36.6 Å². The molecule has 0 radical (unpaired) electrons. The van der Waals surface area contributed by atoms with E-state index in [1.54, 1.807) is 24.3 Å². The molecule has 2 aromatic rings. The van der Waals surface area contributed by atoms with Crippen LogP contribution >= 0.6 is 0 Å². The first kappa shape index (κ1) is 25.2. The van der Waals surface area contributed by atoms with Gasteiger partial charge in [0.2, 0.25) is 5.91 Å². The summed E-state index contributed by atoms with van der Waals surface area (Å²) in [6.07, 6.45) is 1.78. The SMILES string of the molecule is CNC(=O)C(CCC=O)N1C(=O)C=C(Nc2cccc(NC(=O)Nc3ccc(C)c(C)c3)c2)C1=O. The van der Waals surface area contributed by atoms with E-state index in [0.717, 1.165) is 22.1 Å². The van der Waals surface area contributed by atoms with Crippen LogP contribution in [0, 0.1) is 13.8 Å². The van der Waals surface area contributed by atoms with Gasteiger partial charge in [-0.2, -0.15) is 0 Å². The molecule has 5 amide bonds. The van der Waals surface area contributed by atoms with Crippen molar-refractivity contribution in [1.29, 1.82) is 0 Å². The van der Waals surface area contributed by atoms with Gasteiger partial charge in [0.1, 0.15) is 18.0 Å². The number of rotatable bonds is 9. The molecule has 0 aromatic heterocycles. The molecule has 1 aliphatic heterocycles. The van der Waals surface area contributed by atoms with E-state index in [0.29, 0.717) is 23.3 Å². The molecule has 1 atom stereocenters. The van der Waals surface area contributed by atoms with Crippen LogP contribution < -0.4 is 21.3 Å². The minimum absolute atomic E-state index is 0.0215. The first-order valence-corrected chi connectivity index (χ1v) is 11.0. The number of benzene rings is 2. The third-order valence-electron chi connectivity index (χ3n) is 5.54. The molecule has 3 rings (SSSR count). The Hall–Kier alpha value is -4.47. The van der Waals surface area contributed by atoms with Crippen molar-refractivity contribution in [1.82, 2.24) is 10.2 Å². The van der Waals surface area contributed by atoms with Gasteiger partial charge in [-0.3, -0.25) is 19.3 Å². The zero-order chi connectivity index (χ0) is 25.5. The lowest BCUT2D eigenvalue weighted by Gasteiger charge is -2.24.